The Balaban J connectivity index is 1.69. The summed E-state index contributed by atoms with van der Waals surface area (Å²) in [5.41, 5.74) is 2.73. The molecule has 1 aromatic heterocycles. The van der Waals surface area contributed by atoms with Gasteiger partial charge in [0.05, 0.1) is 14.2 Å². The van der Waals surface area contributed by atoms with Crippen LogP contribution in [0.5, 0.6) is 11.5 Å². The number of nitrogens with zero attached hydrogens (tertiary/aromatic N) is 2. The number of aromatic nitrogens is 2. The third-order valence-electron chi connectivity index (χ3n) is 4.54. The van der Waals surface area contributed by atoms with Crippen LogP contribution in [0.2, 0.25) is 0 Å². The van der Waals surface area contributed by atoms with Gasteiger partial charge in [-0.25, -0.2) is 0 Å². The van der Waals surface area contributed by atoms with Crippen LogP contribution in [0, 0.1) is 0 Å². The molecule has 0 spiro atoms. The monoisotopic (exact) mass is 387 g/mol. The number of ether oxygens (including phenoxy) is 2. The van der Waals surface area contributed by atoms with E-state index in [4.69, 9.17) is 13.9 Å². The van der Waals surface area contributed by atoms with Crippen molar-refractivity contribution < 1.29 is 13.9 Å². The highest BCUT2D eigenvalue weighted by Crippen LogP contribution is 2.33. The SMILES string of the molecule is COc1ccc(N[C@@H](c2ccccc2)c2nnc(-c3ccccc3)o2)cc1OC. The molecule has 0 aliphatic carbocycles. The van der Waals surface area contributed by atoms with Crippen molar-refractivity contribution >= 4 is 5.69 Å². The summed E-state index contributed by atoms with van der Waals surface area (Å²) in [4.78, 5) is 0. The Morgan fingerprint density at radius 1 is 0.793 bits per heavy atom. The van der Waals surface area contributed by atoms with E-state index in [2.05, 4.69) is 15.5 Å². The van der Waals surface area contributed by atoms with Gasteiger partial charge >= 0.3 is 0 Å². The van der Waals surface area contributed by atoms with Crippen LogP contribution in [0.25, 0.3) is 11.5 Å². The van der Waals surface area contributed by atoms with Gasteiger partial charge in [0.15, 0.2) is 11.5 Å². The van der Waals surface area contributed by atoms with Gasteiger partial charge < -0.3 is 19.2 Å². The highest BCUT2D eigenvalue weighted by atomic mass is 16.5. The average molecular weight is 387 g/mol. The minimum atomic E-state index is -0.320. The van der Waals surface area contributed by atoms with E-state index in [0.29, 0.717) is 23.3 Å². The average Bonchev–Trinajstić information content (AvgIpc) is 3.28. The van der Waals surface area contributed by atoms with Crippen molar-refractivity contribution in [1.29, 1.82) is 0 Å². The minimum absolute atomic E-state index is 0.320. The lowest BCUT2D eigenvalue weighted by atomic mass is 10.1. The molecule has 0 amide bonds. The zero-order valence-corrected chi connectivity index (χ0v) is 16.2. The summed E-state index contributed by atoms with van der Waals surface area (Å²) in [7, 11) is 3.22. The van der Waals surface area contributed by atoms with Crippen LogP contribution in [0.3, 0.4) is 0 Å². The van der Waals surface area contributed by atoms with Crippen LogP contribution in [0.15, 0.2) is 83.3 Å². The van der Waals surface area contributed by atoms with Crippen LogP contribution in [0.1, 0.15) is 17.5 Å². The Bertz CT molecular complexity index is 1070. The first-order chi connectivity index (χ1) is 14.3. The molecule has 0 saturated heterocycles. The summed E-state index contributed by atoms with van der Waals surface area (Å²) >= 11 is 0. The van der Waals surface area contributed by atoms with Gasteiger partial charge in [-0.2, -0.15) is 0 Å². The maximum atomic E-state index is 6.02. The fraction of sp³-hybridized carbons (Fsp3) is 0.130. The van der Waals surface area contributed by atoms with Crippen molar-refractivity contribution in [2.45, 2.75) is 6.04 Å². The van der Waals surface area contributed by atoms with E-state index >= 15 is 0 Å². The first kappa shape index (κ1) is 18.6. The molecule has 0 fully saturated rings. The molecule has 4 aromatic rings. The lowest BCUT2D eigenvalue weighted by Gasteiger charge is -2.18. The fourth-order valence-corrected chi connectivity index (χ4v) is 3.07. The molecule has 1 N–H and O–H groups in total. The molecule has 6 heteroatoms. The van der Waals surface area contributed by atoms with Crippen LogP contribution in [-0.4, -0.2) is 24.4 Å². The molecule has 0 radical (unpaired) electrons. The molecule has 1 heterocycles. The van der Waals surface area contributed by atoms with Crippen LogP contribution in [0.4, 0.5) is 5.69 Å². The summed E-state index contributed by atoms with van der Waals surface area (Å²) in [6.07, 6.45) is 0. The standard InChI is InChI=1S/C23H21N3O3/c1-27-19-14-13-18(15-20(19)28-2)24-21(16-9-5-3-6-10-16)23-26-25-22(29-23)17-11-7-4-8-12-17/h3-15,21,24H,1-2H3/t21-/m0/s1. The fourth-order valence-electron chi connectivity index (χ4n) is 3.07. The van der Waals surface area contributed by atoms with Gasteiger partial charge in [0, 0.05) is 17.3 Å². The summed E-state index contributed by atoms with van der Waals surface area (Å²) in [6, 6.07) is 25.0. The Hall–Kier alpha value is -3.80. The number of benzene rings is 3. The number of rotatable bonds is 7. The van der Waals surface area contributed by atoms with E-state index < -0.39 is 0 Å². The molecule has 0 aliphatic heterocycles. The van der Waals surface area contributed by atoms with Gasteiger partial charge in [-0.05, 0) is 29.8 Å². The number of hydrogen-bond donors (Lipinski definition) is 1. The second kappa shape index (κ2) is 8.48. The van der Waals surface area contributed by atoms with Gasteiger partial charge in [0.25, 0.3) is 0 Å². The first-order valence-electron chi connectivity index (χ1n) is 9.21. The minimum Gasteiger partial charge on any atom is -0.493 e. The normalized spacial score (nSPS) is 11.7. The van der Waals surface area contributed by atoms with Crippen molar-refractivity contribution in [2.75, 3.05) is 19.5 Å². The summed E-state index contributed by atoms with van der Waals surface area (Å²) in [6.45, 7) is 0. The molecule has 0 unspecified atom stereocenters. The van der Waals surface area contributed by atoms with E-state index in [1.54, 1.807) is 14.2 Å². The summed E-state index contributed by atoms with van der Waals surface area (Å²) in [5.74, 6) is 2.26. The van der Waals surface area contributed by atoms with Gasteiger partial charge in [-0.1, -0.05) is 48.5 Å². The van der Waals surface area contributed by atoms with Gasteiger partial charge in [0.1, 0.15) is 6.04 Å². The first-order valence-corrected chi connectivity index (χ1v) is 9.21. The number of anilines is 1. The van der Waals surface area contributed by atoms with Gasteiger partial charge in [-0.15, -0.1) is 10.2 Å². The van der Waals surface area contributed by atoms with Crippen LogP contribution < -0.4 is 14.8 Å². The maximum Gasteiger partial charge on any atom is 0.247 e. The predicted octanol–water partition coefficient (Wildman–Crippen LogP) is 4.96. The zero-order valence-electron chi connectivity index (χ0n) is 16.2. The maximum absolute atomic E-state index is 6.02. The third-order valence-corrected chi connectivity index (χ3v) is 4.54. The van der Waals surface area contributed by atoms with E-state index in [9.17, 15) is 0 Å². The quantitative estimate of drug-likeness (QED) is 0.484. The van der Waals surface area contributed by atoms with E-state index in [1.165, 1.54) is 0 Å². The van der Waals surface area contributed by atoms with Crippen molar-refractivity contribution in [3.63, 3.8) is 0 Å². The van der Waals surface area contributed by atoms with Crippen molar-refractivity contribution in [3.05, 3.63) is 90.3 Å². The van der Waals surface area contributed by atoms with E-state index in [0.717, 1.165) is 16.8 Å². The molecule has 29 heavy (non-hydrogen) atoms. The lowest BCUT2D eigenvalue weighted by Crippen LogP contribution is -2.13. The smallest absolute Gasteiger partial charge is 0.247 e. The molecule has 0 saturated carbocycles. The Labute approximate surface area is 169 Å². The molecular formula is C23H21N3O3. The zero-order chi connectivity index (χ0) is 20.1. The van der Waals surface area contributed by atoms with Crippen molar-refractivity contribution in [1.82, 2.24) is 10.2 Å². The largest absolute Gasteiger partial charge is 0.493 e. The molecule has 146 valence electrons. The summed E-state index contributed by atoms with van der Waals surface area (Å²) in [5, 5.41) is 12.0. The highest BCUT2D eigenvalue weighted by Gasteiger charge is 2.22. The lowest BCUT2D eigenvalue weighted by molar-refractivity contribution is 0.355. The van der Waals surface area contributed by atoms with Crippen LogP contribution in [-0.2, 0) is 0 Å². The Morgan fingerprint density at radius 2 is 1.48 bits per heavy atom. The second-order valence-electron chi connectivity index (χ2n) is 6.37. The number of methoxy groups -OCH3 is 2. The molecular weight excluding hydrogens is 366 g/mol. The third kappa shape index (κ3) is 4.06. The van der Waals surface area contributed by atoms with Gasteiger partial charge in [-0.3, -0.25) is 0 Å². The van der Waals surface area contributed by atoms with Crippen molar-refractivity contribution in [2.24, 2.45) is 0 Å². The topological polar surface area (TPSA) is 69.4 Å². The van der Waals surface area contributed by atoms with Crippen molar-refractivity contribution in [3.8, 4) is 23.0 Å². The van der Waals surface area contributed by atoms with E-state index in [-0.39, 0.29) is 6.04 Å². The Kier molecular flexibility index (Phi) is 5.42. The van der Waals surface area contributed by atoms with Gasteiger partial charge in [0.2, 0.25) is 11.8 Å². The molecule has 4 rings (SSSR count). The predicted molar refractivity (Wildman–Crippen MR) is 111 cm³/mol. The van der Waals surface area contributed by atoms with Crippen LogP contribution >= 0.6 is 0 Å². The number of hydrogen-bond acceptors (Lipinski definition) is 6. The van der Waals surface area contributed by atoms with E-state index in [1.807, 2.05) is 78.9 Å². The Morgan fingerprint density at radius 3 is 2.17 bits per heavy atom. The second-order valence-corrected chi connectivity index (χ2v) is 6.37. The molecule has 6 nitrogen and oxygen atoms in total. The molecule has 3 aromatic carbocycles. The summed E-state index contributed by atoms with van der Waals surface area (Å²) < 4.78 is 16.8. The number of nitrogens with one attached hydrogen (secondary N) is 1. The highest BCUT2D eigenvalue weighted by molar-refractivity contribution is 5.57. The molecule has 0 bridgehead atoms. The molecule has 1 atom stereocenters. The molecule has 0 aliphatic rings.